The Morgan fingerprint density at radius 2 is 1.86 bits per heavy atom. The number of aromatic nitrogens is 2. The van der Waals surface area contributed by atoms with Crippen LogP contribution in [0, 0.1) is 11.8 Å². The van der Waals surface area contributed by atoms with Crippen LogP contribution in [0.2, 0.25) is 0 Å². The van der Waals surface area contributed by atoms with E-state index in [0.717, 1.165) is 5.69 Å². The van der Waals surface area contributed by atoms with Crippen LogP contribution in [0.5, 0.6) is 0 Å². The molecule has 0 aliphatic carbocycles. The number of carboxylic acid groups (broad SMARTS) is 1. The van der Waals surface area contributed by atoms with E-state index < -0.39 is 17.8 Å². The number of amides is 1. The Morgan fingerprint density at radius 1 is 1.19 bits per heavy atom. The Labute approximate surface area is 122 Å². The van der Waals surface area contributed by atoms with E-state index in [1.54, 1.807) is 29.9 Å². The summed E-state index contributed by atoms with van der Waals surface area (Å²) in [6, 6.07) is 8.99. The molecule has 0 aliphatic rings. The van der Waals surface area contributed by atoms with E-state index in [2.05, 4.69) is 10.4 Å². The van der Waals surface area contributed by atoms with Crippen LogP contribution in [0.15, 0.2) is 42.7 Å². The number of carbonyl (C=O) groups excluding carboxylic acids is 1. The fourth-order valence-electron chi connectivity index (χ4n) is 1.82. The summed E-state index contributed by atoms with van der Waals surface area (Å²) in [4.78, 5) is 22.9. The van der Waals surface area contributed by atoms with Gasteiger partial charge in [0.1, 0.15) is 0 Å². The molecule has 6 heteroatoms. The first-order valence-electron chi connectivity index (χ1n) is 6.63. The number of hydrogen-bond donors (Lipinski definition) is 2. The second-order valence-electron chi connectivity index (χ2n) is 4.90. The molecule has 2 rings (SSSR count). The fraction of sp³-hybridized carbons (Fsp3) is 0.267. The Balaban J connectivity index is 2.03. The highest BCUT2D eigenvalue weighted by Gasteiger charge is 2.25. The van der Waals surface area contributed by atoms with E-state index in [1.807, 2.05) is 24.4 Å². The Morgan fingerprint density at radius 3 is 2.38 bits per heavy atom. The van der Waals surface area contributed by atoms with E-state index in [9.17, 15) is 9.59 Å². The van der Waals surface area contributed by atoms with Gasteiger partial charge in [-0.15, -0.1) is 0 Å². The lowest BCUT2D eigenvalue weighted by molar-refractivity contribution is -0.145. The molecule has 0 saturated carbocycles. The second kappa shape index (κ2) is 6.21. The topological polar surface area (TPSA) is 84.2 Å². The highest BCUT2D eigenvalue weighted by atomic mass is 16.4. The molecule has 1 heterocycles. The van der Waals surface area contributed by atoms with Crippen molar-refractivity contribution in [3.8, 4) is 5.69 Å². The van der Waals surface area contributed by atoms with Crippen LogP contribution in [0.1, 0.15) is 13.8 Å². The van der Waals surface area contributed by atoms with E-state index >= 15 is 0 Å². The first-order valence-corrected chi connectivity index (χ1v) is 6.63. The van der Waals surface area contributed by atoms with Gasteiger partial charge in [-0.2, -0.15) is 5.10 Å². The predicted octanol–water partition coefficient (Wildman–Crippen LogP) is 2.17. The number of hydrogen-bond acceptors (Lipinski definition) is 3. The Hall–Kier alpha value is -2.63. The predicted molar refractivity (Wildman–Crippen MR) is 78.2 cm³/mol. The SMILES string of the molecule is CC(C(=O)O)C(C)C(=O)Nc1ccc(-n2cccn2)cc1. The summed E-state index contributed by atoms with van der Waals surface area (Å²) in [5.41, 5.74) is 1.50. The molecule has 0 saturated heterocycles. The molecule has 1 amide bonds. The van der Waals surface area contributed by atoms with Gasteiger partial charge in [0, 0.05) is 24.0 Å². The van der Waals surface area contributed by atoms with E-state index in [0.29, 0.717) is 5.69 Å². The number of carbonyl (C=O) groups is 2. The molecule has 1 aromatic carbocycles. The maximum atomic E-state index is 12.0. The first kappa shape index (κ1) is 14.8. The summed E-state index contributed by atoms with van der Waals surface area (Å²) in [6.45, 7) is 3.12. The second-order valence-corrected chi connectivity index (χ2v) is 4.90. The van der Waals surface area contributed by atoms with Gasteiger partial charge in [-0.1, -0.05) is 13.8 Å². The normalized spacial score (nSPS) is 13.4. The van der Waals surface area contributed by atoms with Gasteiger partial charge in [0.2, 0.25) is 5.91 Å². The number of nitrogens with one attached hydrogen (secondary N) is 1. The smallest absolute Gasteiger partial charge is 0.307 e. The summed E-state index contributed by atoms with van der Waals surface area (Å²) in [6.07, 6.45) is 3.51. The molecule has 21 heavy (non-hydrogen) atoms. The molecule has 2 aromatic rings. The van der Waals surface area contributed by atoms with Gasteiger partial charge in [-0.3, -0.25) is 9.59 Å². The lowest BCUT2D eigenvalue weighted by atomic mass is 9.95. The van der Waals surface area contributed by atoms with E-state index in [1.165, 1.54) is 6.92 Å². The lowest BCUT2D eigenvalue weighted by Gasteiger charge is -2.15. The van der Waals surface area contributed by atoms with Gasteiger partial charge in [-0.25, -0.2) is 4.68 Å². The molecule has 2 atom stereocenters. The highest BCUT2D eigenvalue weighted by molar-refractivity contribution is 5.94. The largest absolute Gasteiger partial charge is 0.481 e. The average Bonchev–Trinajstić information content (AvgIpc) is 3.00. The number of anilines is 1. The maximum absolute atomic E-state index is 12.0. The van der Waals surface area contributed by atoms with Crippen LogP contribution in [-0.2, 0) is 9.59 Å². The van der Waals surface area contributed by atoms with Gasteiger partial charge in [0.15, 0.2) is 0 Å². The minimum absolute atomic E-state index is 0.309. The third-order valence-electron chi connectivity index (χ3n) is 3.46. The number of aliphatic carboxylic acids is 1. The van der Waals surface area contributed by atoms with Crippen molar-refractivity contribution in [1.82, 2.24) is 9.78 Å². The number of nitrogens with zero attached hydrogens (tertiary/aromatic N) is 2. The van der Waals surface area contributed by atoms with E-state index in [-0.39, 0.29) is 5.91 Å². The zero-order valence-electron chi connectivity index (χ0n) is 11.9. The molecule has 6 nitrogen and oxygen atoms in total. The summed E-state index contributed by atoms with van der Waals surface area (Å²) in [5.74, 6) is -2.62. The third kappa shape index (κ3) is 3.47. The number of benzene rings is 1. The van der Waals surface area contributed by atoms with Crippen LogP contribution in [-0.4, -0.2) is 26.8 Å². The first-order chi connectivity index (χ1) is 9.99. The van der Waals surface area contributed by atoms with Gasteiger partial charge >= 0.3 is 5.97 Å². The summed E-state index contributed by atoms with van der Waals surface area (Å²) in [5, 5.41) is 15.7. The Bertz CT molecular complexity index is 620. The van der Waals surface area contributed by atoms with Crippen LogP contribution >= 0.6 is 0 Å². The molecular formula is C15H17N3O3. The molecule has 0 fully saturated rings. The zero-order chi connectivity index (χ0) is 15.4. The molecule has 110 valence electrons. The van der Waals surface area contributed by atoms with Crippen molar-refractivity contribution in [3.05, 3.63) is 42.7 Å². The molecule has 0 spiro atoms. The van der Waals surface area contributed by atoms with Crippen molar-refractivity contribution >= 4 is 17.6 Å². The molecule has 0 radical (unpaired) electrons. The summed E-state index contributed by atoms with van der Waals surface area (Å²) >= 11 is 0. The van der Waals surface area contributed by atoms with Crippen LogP contribution in [0.4, 0.5) is 5.69 Å². The van der Waals surface area contributed by atoms with Gasteiger partial charge in [-0.05, 0) is 30.3 Å². The summed E-state index contributed by atoms with van der Waals surface area (Å²) < 4.78 is 1.71. The molecule has 0 aliphatic heterocycles. The van der Waals surface area contributed by atoms with Crippen molar-refractivity contribution < 1.29 is 14.7 Å². The van der Waals surface area contributed by atoms with Crippen molar-refractivity contribution in [1.29, 1.82) is 0 Å². The van der Waals surface area contributed by atoms with Gasteiger partial charge < -0.3 is 10.4 Å². The quantitative estimate of drug-likeness (QED) is 0.882. The van der Waals surface area contributed by atoms with Crippen LogP contribution < -0.4 is 5.32 Å². The van der Waals surface area contributed by atoms with Crippen LogP contribution in [0.3, 0.4) is 0 Å². The van der Waals surface area contributed by atoms with Crippen LogP contribution in [0.25, 0.3) is 5.69 Å². The molecule has 2 N–H and O–H groups in total. The maximum Gasteiger partial charge on any atom is 0.307 e. The van der Waals surface area contributed by atoms with Crippen molar-refractivity contribution in [2.75, 3.05) is 5.32 Å². The molecular weight excluding hydrogens is 270 g/mol. The summed E-state index contributed by atoms with van der Waals surface area (Å²) in [7, 11) is 0. The number of carboxylic acids is 1. The number of rotatable bonds is 5. The average molecular weight is 287 g/mol. The van der Waals surface area contributed by atoms with Gasteiger partial charge in [0.25, 0.3) is 0 Å². The fourth-order valence-corrected chi connectivity index (χ4v) is 1.82. The molecule has 2 unspecified atom stereocenters. The van der Waals surface area contributed by atoms with Crippen molar-refractivity contribution in [3.63, 3.8) is 0 Å². The standard InChI is InChI=1S/C15H17N3O3/c1-10(11(2)15(20)21)14(19)17-12-4-6-13(7-5-12)18-9-3-8-16-18/h3-11H,1-2H3,(H,17,19)(H,20,21). The third-order valence-corrected chi connectivity index (χ3v) is 3.46. The minimum Gasteiger partial charge on any atom is -0.481 e. The van der Waals surface area contributed by atoms with Gasteiger partial charge in [0.05, 0.1) is 11.6 Å². The zero-order valence-corrected chi connectivity index (χ0v) is 11.9. The van der Waals surface area contributed by atoms with E-state index in [4.69, 9.17) is 5.11 Å². The molecule has 0 bridgehead atoms. The van der Waals surface area contributed by atoms with Crippen molar-refractivity contribution in [2.45, 2.75) is 13.8 Å². The highest BCUT2D eigenvalue weighted by Crippen LogP contribution is 2.16. The molecule has 1 aromatic heterocycles. The minimum atomic E-state index is -0.980. The van der Waals surface area contributed by atoms with Crippen molar-refractivity contribution in [2.24, 2.45) is 11.8 Å². The lowest BCUT2D eigenvalue weighted by Crippen LogP contribution is -2.29. The Kier molecular flexibility index (Phi) is 4.37. The monoisotopic (exact) mass is 287 g/mol.